The van der Waals surface area contributed by atoms with Gasteiger partial charge in [-0.25, -0.2) is 0 Å². The van der Waals surface area contributed by atoms with E-state index < -0.39 is 0 Å². The van der Waals surface area contributed by atoms with Crippen LogP contribution in [-0.2, 0) is 4.79 Å². The van der Waals surface area contributed by atoms with Crippen LogP contribution >= 0.6 is 0 Å². The zero-order chi connectivity index (χ0) is 11.5. The first-order chi connectivity index (χ1) is 7.68. The zero-order valence-corrected chi connectivity index (χ0v) is 9.79. The minimum Gasteiger partial charge on any atom is -0.385 e. The Morgan fingerprint density at radius 1 is 1.44 bits per heavy atom. The minimum atomic E-state index is -0.000139. The van der Waals surface area contributed by atoms with Gasteiger partial charge in [0.05, 0.1) is 5.92 Å². The second-order valence-electron chi connectivity index (χ2n) is 4.52. The highest BCUT2D eigenvalue weighted by Crippen LogP contribution is 2.31. The first kappa shape index (κ1) is 11.0. The van der Waals surface area contributed by atoms with Gasteiger partial charge >= 0.3 is 0 Å². The van der Waals surface area contributed by atoms with E-state index in [4.69, 9.17) is 0 Å². The normalized spacial score (nSPS) is 18.8. The maximum atomic E-state index is 12.0. The van der Waals surface area contributed by atoms with Crippen LogP contribution in [0.2, 0.25) is 0 Å². The van der Waals surface area contributed by atoms with E-state index in [0.29, 0.717) is 0 Å². The van der Waals surface area contributed by atoms with Crippen LogP contribution in [0.3, 0.4) is 0 Å². The lowest BCUT2D eigenvalue weighted by atomic mass is 9.90. The summed E-state index contributed by atoms with van der Waals surface area (Å²) >= 11 is 0. The number of amides is 1. The van der Waals surface area contributed by atoms with Crippen LogP contribution in [0.15, 0.2) is 24.3 Å². The average molecular weight is 218 g/mol. The molecule has 1 aromatic carbocycles. The molecule has 0 aromatic heterocycles. The highest BCUT2D eigenvalue weighted by atomic mass is 16.1. The number of hydrogen-bond acceptors (Lipinski definition) is 2. The van der Waals surface area contributed by atoms with Gasteiger partial charge in [-0.2, -0.15) is 0 Å². The molecule has 3 heteroatoms. The Hall–Kier alpha value is -1.51. The van der Waals surface area contributed by atoms with Crippen LogP contribution in [0, 0.1) is 0 Å². The summed E-state index contributed by atoms with van der Waals surface area (Å²) in [6, 6.07) is 8.25. The van der Waals surface area contributed by atoms with E-state index in [-0.39, 0.29) is 17.9 Å². The Bertz CT molecular complexity index is 387. The quantitative estimate of drug-likeness (QED) is 0.798. The Morgan fingerprint density at radius 3 is 2.94 bits per heavy atom. The van der Waals surface area contributed by atoms with Crippen molar-refractivity contribution in [1.82, 2.24) is 5.32 Å². The average Bonchev–Trinajstić information content (AvgIpc) is 2.27. The van der Waals surface area contributed by atoms with Crippen LogP contribution in [0.1, 0.15) is 31.7 Å². The molecule has 2 rings (SSSR count). The number of nitrogens with one attached hydrogen (secondary N) is 2. The lowest BCUT2D eigenvalue weighted by molar-refractivity contribution is -0.123. The molecule has 0 aliphatic carbocycles. The molecular formula is C13H18N2O. The molecule has 0 saturated heterocycles. The maximum Gasteiger partial charge on any atom is 0.227 e. The van der Waals surface area contributed by atoms with Crippen molar-refractivity contribution in [2.24, 2.45) is 0 Å². The number of hydrogen-bond donors (Lipinski definition) is 2. The molecule has 0 saturated carbocycles. The van der Waals surface area contributed by atoms with Crippen molar-refractivity contribution in [2.45, 2.75) is 32.2 Å². The van der Waals surface area contributed by atoms with Crippen molar-refractivity contribution in [3.8, 4) is 0 Å². The molecule has 2 N–H and O–H groups in total. The number of carbonyl (C=O) groups excluding carboxylic acids is 1. The molecule has 0 unspecified atom stereocenters. The van der Waals surface area contributed by atoms with Gasteiger partial charge < -0.3 is 10.6 Å². The fraction of sp³-hybridized carbons (Fsp3) is 0.462. The lowest BCUT2D eigenvalue weighted by Gasteiger charge is -2.26. The monoisotopic (exact) mass is 218 g/mol. The standard InChI is InChI=1S/C13H18N2O/c1-9(2)15-13(16)11-7-8-14-12-6-4-3-5-10(11)12/h3-6,9,11,14H,7-8H2,1-2H3,(H,15,16)/t11-/m1/s1. The second kappa shape index (κ2) is 4.56. The predicted octanol–water partition coefficient (Wildman–Crippen LogP) is 2.11. The third-order valence-corrected chi connectivity index (χ3v) is 2.83. The van der Waals surface area contributed by atoms with Crippen LogP contribution in [0.4, 0.5) is 5.69 Å². The Kier molecular flexibility index (Phi) is 3.13. The summed E-state index contributed by atoms with van der Waals surface area (Å²) in [5.74, 6) is 0.142. The van der Waals surface area contributed by atoms with Crippen LogP contribution in [-0.4, -0.2) is 18.5 Å². The molecular weight excluding hydrogens is 200 g/mol. The Labute approximate surface area is 96.2 Å². The molecule has 86 valence electrons. The van der Waals surface area contributed by atoms with Crippen LogP contribution in [0.5, 0.6) is 0 Å². The summed E-state index contributed by atoms with van der Waals surface area (Å²) < 4.78 is 0. The highest BCUT2D eigenvalue weighted by molar-refractivity contribution is 5.86. The van der Waals surface area contributed by atoms with Crippen molar-refractivity contribution in [2.75, 3.05) is 11.9 Å². The molecule has 1 aliphatic rings. The van der Waals surface area contributed by atoms with E-state index in [0.717, 1.165) is 24.2 Å². The molecule has 3 nitrogen and oxygen atoms in total. The first-order valence-electron chi connectivity index (χ1n) is 5.81. The van der Waals surface area contributed by atoms with Crippen molar-refractivity contribution >= 4 is 11.6 Å². The molecule has 1 amide bonds. The zero-order valence-electron chi connectivity index (χ0n) is 9.79. The van der Waals surface area contributed by atoms with E-state index in [1.165, 1.54) is 0 Å². The van der Waals surface area contributed by atoms with Crippen molar-refractivity contribution < 1.29 is 4.79 Å². The fourth-order valence-electron chi connectivity index (χ4n) is 2.13. The SMILES string of the molecule is CC(C)NC(=O)[C@@H]1CCNc2ccccc21. The summed E-state index contributed by atoms with van der Waals surface area (Å²) in [6.45, 7) is 4.85. The molecule has 0 bridgehead atoms. The Balaban J connectivity index is 2.21. The number of anilines is 1. The van der Waals surface area contributed by atoms with Gasteiger partial charge in [0.15, 0.2) is 0 Å². The van der Waals surface area contributed by atoms with Gasteiger partial charge in [-0.15, -0.1) is 0 Å². The summed E-state index contributed by atoms with van der Waals surface area (Å²) in [4.78, 5) is 12.0. The molecule has 0 spiro atoms. The molecule has 1 aromatic rings. The summed E-state index contributed by atoms with van der Waals surface area (Å²) in [5.41, 5.74) is 2.21. The van der Waals surface area contributed by atoms with Crippen molar-refractivity contribution in [3.63, 3.8) is 0 Å². The molecule has 0 radical (unpaired) electrons. The third kappa shape index (κ3) is 2.18. The van der Waals surface area contributed by atoms with E-state index in [2.05, 4.69) is 10.6 Å². The van der Waals surface area contributed by atoms with Gasteiger partial charge in [-0.3, -0.25) is 4.79 Å². The van der Waals surface area contributed by atoms with Gasteiger partial charge in [0.1, 0.15) is 0 Å². The molecule has 1 atom stereocenters. The van der Waals surface area contributed by atoms with E-state index in [1.807, 2.05) is 38.1 Å². The summed E-state index contributed by atoms with van der Waals surface area (Å²) in [7, 11) is 0. The number of rotatable bonds is 2. The largest absolute Gasteiger partial charge is 0.385 e. The van der Waals surface area contributed by atoms with Crippen LogP contribution < -0.4 is 10.6 Å². The van der Waals surface area contributed by atoms with Gasteiger partial charge in [-0.05, 0) is 31.9 Å². The van der Waals surface area contributed by atoms with E-state index in [1.54, 1.807) is 0 Å². The molecule has 16 heavy (non-hydrogen) atoms. The summed E-state index contributed by atoms with van der Waals surface area (Å²) in [6.07, 6.45) is 0.871. The maximum absolute atomic E-state index is 12.0. The molecule has 0 fully saturated rings. The number of benzene rings is 1. The van der Waals surface area contributed by atoms with Gasteiger partial charge in [0.2, 0.25) is 5.91 Å². The lowest BCUT2D eigenvalue weighted by Crippen LogP contribution is -2.36. The van der Waals surface area contributed by atoms with Crippen molar-refractivity contribution in [3.05, 3.63) is 29.8 Å². The number of carbonyl (C=O) groups is 1. The predicted molar refractivity (Wildman–Crippen MR) is 65.6 cm³/mol. The minimum absolute atomic E-state index is 0.000139. The van der Waals surface area contributed by atoms with Gasteiger partial charge in [0, 0.05) is 18.3 Å². The van der Waals surface area contributed by atoms with E-state index >= 15 is 0 Å². The second-order valence-corrected chi connectivity index (χ2v) is 4.52. The van der Waals surface area contributed by atoms with Gasteiger partial charge in [0.25, 0.3) is 0 Å². The Morgan fingerprint density at radius 2 is 2.19 bits per heavy atom. The smallest absolute Gasteiger partial charge is 0.227 e. The van der Waals surface area contributed by atoms with Gasteiger partial charge in [-0.1, -0.05) is 18.2 Å². The molecule has 1 heterocycles. The van der Waals surface area contributed by atoms with E-state index in [9.17, 15) is 4.79 Å². The molecule has 1 aliphatic heterocycles. The summed E-state index contributed by atoms with van der Waals surface area (Å²) in [5, 5.41) is 6.31. The van der Waals surface area contributed by atoms with Crippen molar-refractivity contribution in [1.29, 1.82) is 0 Å². The highest BCUT2D eigenvalue weighted by Gasteiger charge is 2.26. The third-order valence-electron chi connectivity index (χ3n) is 2.83. The number of para-hydroxylation sites is 1. The van der Waals surface area contributed by atoms with Crippen LogP contribution in [0.25, 0.3) is 0 Å². The topological polar surface area (TPSA) is 41.1 Å². The first-order valence-corrected chi connectivity index (χ1v) is 5.81. The fourth-order valence-corrected chi connectivity index (χ4v) is 2.13. The number of fused-ring (bicyclic) bond motifs is 1.